The molecule has 2 heterocycles. The summed E-state index contributed by atoms with van der Waals surface area (Å²) in [5, 5.41) is 3.26. The predicted octanol–water partition coefficient (Wildman–Crippen LogP) is 0.623. The molecule has 0 saturated carbocycles. The Bertz CT molecular complexity index is 233. The fourth-order valence-electron chi connectivity index (χ4n) is 2.69. The molecule has 0 aliphatic carbocycles. The summed E-state index contributed by atoms with van der Waals surface area (Å²) in [5.74, 6) is 0.558. The van der Waals surface area contributed by atoms with Gasteiger partial charge in [-0.2, -0.15) is 0 Å². The Labute approximate surface area is 97.3 Å². The molecule has 4 heteroatoms. The van der Waals surface area contributed by atoms with E-state index >= 15 is 0 Å². The highest BCUT2D eigenvalue weighted by Gasteiger charge is 2.31. The third-order valence-electron chi connectivity index (χ3n) is 3.66. The second-order valence-corrected chi connectivity index (χ2v) is 4.66. The summed E-state index contributed by atoms with van der Waals surface area (Å²) >= 11 is 0. The zero-order chi connectivity index (χ0) is 11.4. The van der Waals surface area contributed by atoms with Gasteiger partial charge < -0.3 is 15.0 Å². The molecule has 1 atom stereocenters. The van der Waals surface area contributed by atoms with Crippen molar-refractivity contribution in [1.82, 2.24) is 10.2 Å². The van der Waals surface area contributed by atoms with E-state index in [0.29, 0.717) is 11.9 Å². The molecule has 0 aromatic heterocycles. The number of amides is 1. The lowest BCUT2D eigenvalue weighted by atomic mass is 10.0. The van der Waals surface area contributed by atoms with Gasteiger partial charge in [0.25, 0.3) is 0 Å². The molecule has 0 bridgehead atoms. The summed E-state index contributed by atoms with van der Waals surface area (Å²) < 4.78 is 5.35. The van der Waals surface area contributed by atoms with Crippen LogP contribution in [0.5, 0.6) is 0 Å². The van der Waals surface area contributed by atoms with Crippen molar-refractivity contribution in [1.29, 1.82) is 0 Å². The van der Waals surface area contributed by atoms with Crippen molar-refractivity contribution < 1.29 is 9.53 Å². The van der Waals surface area contributed by atoms with E-state index in [0.717, 1.165) is 52.1 Å². The maximum atomic E-state index is 12.3. The lowest BCUT2D eigenvalue weighted by molar-refractivity contribution is -0.138. The molecule has 2 rings (SSSR count). The van der Waals surface area contributed by atoms with Crippen LogP contribution in [0, 0.1) is 5.92 Å². The van der Waals surface area contributed by atoms with Crippen molar-refractivity contribution in [2.75, 3.05) is 32.8 Å². The Morgan fingerprint density at radius 1 is 1.38 bits per heavy atom. The first kappa shape index (κ1) is 11.9. The van der Waals surface area contributed by atoms with E-state index in [1.165, 1.54) is 0 Å². The lowest BCUT2D eigenvalue weighted by Gasteiger charge is -2.35. The van der Waals surface area contributed by atoms with Gasteiger partial charge in [-0.05, 0) is 32.7 Å². The van der Waals surface area contributed by atoms with Crippen LogP contribution in [0.15, 0.2) is 0 Å². The van der Waals surface area contributed by atoms with Crippen molar-refractivity contribution in [2.45, 2.75) is 32.2 Å². The van der Waals surface area contributed by atoms with Crippen molar-refractivity contribution in [3.05, 3.63) is 0 Å². The monoisotopic (exact) mass is 226 g/mol. The standard InChI is InChI=1S/C12H22N2O2/c1-2-14(11-4-7-16-8-5-11)12(15)10-3-6-13-9-10/h10-11,13H,2-9H2,1H3/t10-/m1/s1. The van der Waals surface area contributed by atoms with Gasteiger partial charge in [-0.1, -0.05) is 0 Å². The summed E-state index contributed by atoms with van der Waals surface area (Å²) in [7, 11) is 0. The van der Waals surface area contributed by atoms with Crippen LogP contribution >= 0.6 is 0 Å². The maximum Gasteiger partial charge on any atom is 0.227 e. The van der Waals surface area contributed by atoms with Gasteiger partial charge in [0, 0.05) is 32.3 Å². The largest absolute Gasteiger partial charge is 0.381 e. The van der Waals surface area contributed by atoms with E-state index in [-0.39, 0.29) is 5.92 Å². The van der Waals surface area contributed by atoms with E-state index in [1.807, 2.05) is 0 Å². The number of nitrogens with zero attached hydrogens (tertiary/aromatic N) is 1. The molecule has 2 fully saturated rings. The van der Waals surface area contributed by atoms with Crippen LogP contribution in [-0.2, 0) is 9.53 Å². The van der Waals surface area contributed by atoms with Crippen LogP contribution in [-0.4, -0.2) is 49.7 Å². The maximum absolute atomic E-state index is 12.3. The molecule has 0 unspecified atom stereocenters. The third kappa shape index (κ3) is 2.55. The molecule has 92 valence electrons. The number of ether oxygens (including phenoxy) is 1. The summed E-state index contributed by atoms with van der Waals surface area (Å²) in [5.41, 5.74) is 0. The van der Waals surface area contributed by atoms with Gasteiger partial charge >= 0.3 is 0 Å². The average Bonchev–Trinajstić information content (AvgIpc) is 2.85. The minimum atomic E-state index is 0.211. The Morgan fingerprint density at radius 2 is 2.12 bits per heavy atom. The van der Waals surface area contributed by atoms with E-state index in [1.54, 1.807) is 0 Å². The minimum absolute atomic E-state index is 0.211. The van der Waals surface area contributed by atoms with Crippen molar-refractivity contribution >= 4 is 5.91 Å². The summed E-state index contributed by atoms with van der Waals surface area (Å²) in [4.78, 5) is 14.4. The van der Waals surface area contributed by atoms with Crippen LogP contribution in [0.4, 0.5) is 0 Å². The molecule has 1 N–H and O–H groups in total. The number of nitrogens with one attached hydrogen (secondary N) is 1. The molecular weight excluding hydrogens is 204 g/mol. The average molecular weight is 226 g/mol. The van der Waals surface area contributed by atoms with Crippen molar-refractivity contribution in [3.63, 3.8) is 0 Å². The second-order valence-electron chi connectivity index (χ2n) is 4.66. The number of rotatable bonds is 3. The zero-order valence-corrected chi connectivity index (χ0v) is 10.1. The van der Waals surface area contributed by atoms with Crippen LogP contribution in [0.1, 0.15) is 26.2 Å². The second kappa shape index (κ2) is 5.64. The van der Waals surface area contributed by atoms with Gasteiger partial charge in [0.2, 0.25) is 5.91 Å². The fraction of sp³-hybridized carbons (Fsp3) is 0.917. The molecule has 4 nitrogen and oxygen atoms in total. The van der Waals surface area contributed by atoms with E-state index < -0.39 is 0 Å². The van der Waals surface area contributed by atoms with Crippen LogP contribution in [0.25, 0.3) is 0 Å². The van der Waals surface area contributed by atoms with Crippen LogP contribution in [0.3, 0.4) is 0 Å². The summed E-state index contributed by atoms with van der Waals surface area (Å²) in [6.45, 7) is 6.37. The van der Waals surface area contributed by atoms with Crippen LogP contribution < -0.4 is 5.32 Å². The summed E-state index contributed by atoms with van der Waals surface area (Å²) in [6, 6.07) is 0.409. The SMILES string of the molecule is CCN(C(=O)[C@@H]1CCNC1)C1CCOCC1. The number of hydrogen-bond acceptors (Lipinski definition) is 3. The lowest BCUT2D eigenvalue weighted by Crippen LogP contribution is -2.46. The van der Waals surface area contributed by atoms with Gasteiger partial charge in [-0.15, -0.1) is 0 Å². The molecular formula is C12H22N2O2. The molecule has 2 saturated heterocycles. The smallest absolute Gasteiger partial charge is 0.227 e. The fourth-order valence-corrected chi connectivity index (χ4v) is 2.69. The number of carbonyl (C=O) groups excluding carboxylic acids is 1. The number of hydrogen-bond donors (Lipinski definition) is 1. The quantitative estimate of drug-likeness (QED) is 0.767. The van der Waals surface area contributed by atoms with Gasteiger partial charge in [-0.3, -0.25) is 4.79 Å². The number of carbonyl (C=O) groups is 1. The molecule has 0 aromatic carbocycles. The molecule has 0 aromatic rings. The Balaban J connectivity index is 1.94. The normalized spacial score (nSPS) is 26.9. The van der Waals surface area contributed by atoms with Gasteiger partial charge in [0.05, 0.1) is 5.92 Å². The van der Waals surface area contributed by atoms with E-state index in [4.69, 9.17) is 4.74 Å². The van der Waals surface area contributed by atoms with Gasteiger partial charge in [0.1, 0.15) is 0 Å². The highest BCUT2D eigenvalue weighted by molar-refractivity contribution is 5.79. The molecule has 2 aliphatic heterocycles. The van der Waals surface area contributed by atoms with Gasteiger partial charge in [0.15, 0.2) is 0 Å². The molecule has 16 heavy (non-hydrogen) atoms. The third-order valence-corrected chi connectivity index (χ3v) is 3.66. The highest BCUT2D eigenvalue weighted by Crippen LogP contribution is 2.19. The first-order valence-electron chi connectivity index (χ1n) is 6.42. The zero-order valence-electron chi connectivity index (χ0n) is 10.1. The molecule has 0 spiro atoms. The predicted molar refractivity (Wildman–Crippen MR) is 62.2 cm³/mol. The minimum Gasteiger partial charge on any atom is -0.381 e. The first-order chi connectivity index (χ1) is 7.83. The van der Waals surface area contributed by atoms with E-state index in [9.17, 15) is 4.79 Å². The van der Waals surface area contributed by atoms with Crippen molar-refractivity contribution in [3.8, 4) is 0 Å². The Kier molecular flexibility index (Phi) is 4.18. The Hall–Kier alpha value is -0.610. The van der Waals surface area contributed by atoms with Crippen LogP contribution in [0.2, 0.25) is 0 Å². The molecule has 1 amide bonds. The first-order valence-corrected chi connectivity index (χ1v) is 6.42. The molecule has 2 aliphatic rings. The molecule has 0 radical (unpaired) electrons. The Morgan fingerprint density at radius 3 is 2.69 bits per heavy atom. The topological polar surface area (TPSA) is 41.6 Å². The van der Waals surface area contributed by atoms with Gasteiger partial charge in [-0.25, -0.2) is 0 Å². The highest BCUT2D eigenvalue weighted by atomic mass is 16.5. The van der Waals surface area contributed by atoms with Crippen molar-refractivity contribution in [2.24, 2.45) is 5.92 Å². The van der Waals surface area contributed by atoms with E-state index in [2.05, 4.69) is 17.1 Å². The summed E-state index contributed by atoms with van der Waals surface area (Å²) in [6.07, 6.45) is 3.00.